The van der Waals surface area contributed by atoms with Crippen LogP contribution in [0.4, 0.5) is 0 Å². The van der Waals surface area contributed by atoms with Gasteiger partial charge in [-0.05, 0) is 37.5 Å². The van der Waals surface area contributed by atoms with Crippen LogP contribution >= 0.6 is 0 Å². The van der Waals surface area contributed by atoms with Gasteiger partial charge in [0.25, 0.3) is 0 Å². The molecule has 0 heterocycles. The zero-order valence-corrected chi connectivity index (χ0v) is 10.2. The summed E-state index contributed by atoms with van der Waals surface area (Å²) in [7, 11) is 0. The van der Waals surface area contributed by atoms with E-state index in [0.29, 0.717) is 23.5 Å². The van der Waals surface area contributed by atoms with E-state index in [9.17, 15) is 4.79 Å². The Morgan fingerprint density at radius 1 is 1.20 bits per heavy atom. The summed E-state index contributed by atoms with van der Waals surface area (Å²) in [5.41, 5.74) is 0. The van der Waals surface area contributed by atoms with Gasteiger partial charge in [0.15, 0.2) is 0 Å². The highest BCUT2D eigenvalue weighted by Gasteiger charge is 2.41. The molecule has 1 heteroatoms. The van der Waals surface area contributed by atoms with Crippen LogP contribution in [0.1, 0.15) is 58.8 Å². The van der Waals surface area contributed by atoms with Crippen LogP contribution in [0.5, 0.6) is 0 Å². The summed E-state index contributed by atoms with van der Waals surface area (Å²) >= 11 is 0. The summed E-state index contributed by atoms with van der Waals surface area (Å²) in [4.78, 5) is 12.3. The van der Waals surface area contributed by atoms with Crippen molar-refractivity contribution in [1.29, 1.82) is 0 Å². The summed E-state index contributed by atoms with van der Waals surface area (Å²) in [5.74, 6) is 2.85. The SMILES string of the molecule is CCC(C)C1CCC(C2CCCC2)C1=O. The first-order chi connectivity index (χ1) is 7.24. The normalized spacial score (nSPS) is 34.9. The Morgan fingerprint density at radius 3 is 2.47 bits per heavy atom. The Labute approximate surface area is 93.6 Å². The maximum atomic E-state index is 12.3. The molecule has 2 rings (SSSR count). The van der Waals surface area contributed by atoms with Gasteiger partial charge in [0.2, 0.25) is 0 Å². The maximum absolute atomic E-state index is 12.3. The lowest BCUT2D eigenvalue weighted by Crippen LogP contribution is -2.23. The first-order valence-electron chi connectivity index (χ1n) is 6.77. The van der Waals surface area contributed by atoms with E-state index in [-0.39, 0.29) is 0 Å². The fraction of sp³-hybridized carbons (Fsp3) is 0.929. The largest absolute Gasteiger partial charge is 0.299 e. The Hall–Kier alpha value is -0.330. The standard InChI is InChI=1S/C14H24O/c1-3-10(2)12-8-9-13(14(12)15)11-6-4-5-7-11/h10-13H,3-9H2,1-2H3. The molecule has 86 valence electrons. The van der Waals surface area contributed by atoms with Crippen molar-refractivity contribution in [2.24, 2.45) is 23.7 Å². The van der Waals surface area contributed by atoms with Gasteiger partial charge < -0.3 is 0 Å². The van der Waals surface area contributed by atoms with Gasteiger partial charge in [-0.3, -0.25) is 4.79 Å². The van der Waals surface area contributed by atoms with Crippen molar-refractivity contribution in [2.45, 2.75) is 58.8 Å². The third kappa shape index (κ3) is 2.11. The van der Waals surface area contributed by atoms with Crippen LogP contribution in [0.2, 0.25) is 0 Å². The zero-order valence-electron chi connectivity index (χ0n) is 10.2. The zero-order chi connectivity index (χ0) is 10.8. The summed E-state index contributed by atoms with van der Waals surface area (Å²) in [6, 6.07) is 0. The van der Waals surface area contributed by atoms with E-state index < -0.39 is 0 Å². The highest BCUT2D eigenvalue weighted by Crippen LogP contribution is 2.42. The molecule has 0 spiro atoms. The van der Waals surface area contributed by atoms with Gasteiger partial charge in [0.1, 0.15) is 5.78 Å². The molecule has 15 heavy (non-hydrogen) atoms. The van der Waals surface area contributed by atoms with Crippen LogP contribution in [-0.2, 0) is 4.79 Å². The number of carbonyl (C=O) groups excluding carboxylic acids is 1. The lowest BCUT2D eigenvalue weighted by molar-refractivity contribution is -0.126. The highest BCUT2D eigenvalue weighted by atomic mass is 16.1. The molecule has 0 aromatic rings. The minimum absolute atomic E-state index is 0.403. The molecule has 3 unspecified atom stereocenters. The fourth-order valence-corrected chi connectivity index (χ4v) is 3.60. The molecule has 0 radical (unpaired) electrons. The molecule has 3 atom stereocenters. The maximum Gasteiger partial charge on any atom is 0.139 e. The number of carbonyl (C=O) groups is 1. The molecule has 0 bridgehead atoms. The number of hydrogen-bond donors (Lipinski definition) is 0. The molecular formula is C14H24O. The third-order valence-electron chi connectivity index (χ3n) is 4.82. The predicted molar refractivity (Wildman–Crippen MR) is 62.6 cm³/mol. The highest BCUT2D eigenvalue weighted by molar-refractivity contribution is 5.85. The molecular weight excluding hydrogens is 184 g/mol. The Kier molecular flexibility index (Phi) is 3.48. The number of hydrogen-bond acceptors (Lipinski definition) is 1. The predicted octanol–water partition coefficient (Wildman–Crippen LogP) is 3.82. The van der Waals surface area contributed by atoms with Gasteiger partial charge in [0.05, 0.1) is 0 Å². The molecule has 0 saturated heterocycles. The van der Waals surface area contributed by atoms with Crippen molar-refractivity contribution in [3.05, 3.63) is 0 Å². The summed E-state index contributed by atoms with van der Waals surface area (Å²) in [6.07, 6.45) is 8.90. The average molecular weight is 208 g/mol. The second-order valence-electron chi connectivity index (χ2n) is 5.62. The van der Waals surface area contributed by atoms with Crippen molar-refractivity contribution in [2.75, 3.05) is 0 Å². The summed E-state index contributed by atoms with van der Waals surface area (Å²) in [5, 5.41) is 0. The van der Waals surface area contributed by atoms with E-state index in [2.05, 4.69) is 13.8 Å². The Balaban J connectivity index is 1.97. The van der Waals surface area contributed by atoms with Crippen LogP contribution in [0.15, 0.2) is 0 Å². The lowest BCUT2D eigenvalue weighted by atomic mass is 9.84. The van der Waals surface area contributed by atoms with E-state index in [1.165, 1.54) is 38.5 Å². The van der Waals surface area contributed by atoms with Crippen molar-refractivity contribution < 1.29 is 4.79 Å². The molecule has 2 fully saturated rings. The van der Waals surface area contributed by atoms with Gasteiger partial charge in [-0.1, -0.05) is 33.1 Å². The number of ketones is 1. The first kappa shape index (κ1) is 11.2. The molecule has 0 amide bonds. The molecule has 0 aromatic heterocycles. The quantitative estimate of drug-likeness (QED) is 0.689. The molecule has 0 aromatic carbocycles. The molecule has 2 aliphatic rings. The summed E-state index contributed by atoms with van der Waals surface area (Å²) < 4.78 is 0. The van der Waals surface area contributed by atoms with E-state index in [4.69, 9.17) is 0 Å². The van der Waals surface area contributed by atoms with Crippen molar-refractivity contribution >= 4 is 5.78 Å². The topological polar surface area (TPSA) is 17.1 Å². The van der Waals surface area contributed by atoms with Crippen LogP contribution in [0.25, 0.3) is 0 Å². The summed E-state index contributed by atoms with van der Waals surface area (Å²) in [6.45, 7) is 4.46. The van der Waals surface area contributed by atoms with E-state index in [1.54, 1.807) is 0 Å². The van der Waals surface area contributed by atoms with Crippen LogP contribution in [0.3, 0.4) is 0 Å². The van der Waals surface area contributed by atoms with Crippen molar-refractivity contribution in [3.63, 3.8) is 0 Å². The van der Waals surface area contributed by atoms with Crippen molar-refractivity contribution in [1.82, 2.24) is 0 Å². The smallest absolute Gasteiger partial charge is 0.139 e. The van der Waals surface area contributed by atoms with Gasteiger partial charge >= 0.3 is 0 Å². The van der Waals surface area contributed by atoms with Gasteiger partial charge in [-0.2, -0.15) is 0 Å². The van der Waals surface area contributed by atoms with Crippen LogP contribution < -0.4 is 0 Å². The first-order valence-corrected chi connectivity index (χ1v) is 6.77. The molecule has 0 aliphatic heterocycles. The minimum atomic E-state index is 0.403. The van der Waals surface area contributed by atoms with E-state index in [0.717, 1.165) is 12.3 Å². The molecule has 0 N–H and O–H groups in total. The minimum Gasteiger partial charge on any atom is -0.299 e. The van der Waals surface area contributed by atoms with Crippen molar-refractivity contribution in [3.8, 4) is 0 Å². The van der Waals surface area contributed by atoms with Crippen LogP contribution in [-0.4, -0.2) is 5.78 Å². The van der Waals surface area contributed by atoms with Gasteiger partial charge in [0, 0.05) is 11.8 Å². The lowest BCUT2D eigenvalue weighted by Gasteiger charge is -2.19. The fourth-order valence-electron chi connectivity index (χ4n) is 3.60. The van der Waals surface area contributed by atoms with E-state index in [1.807, 2.05) is 0 Å². The van der Waals surface area contributed by atoms with Gasteiger partial charge in [-0.15, -0.1) is 0 Å². The number of Topliss-reactive ketones (excluding diaryl/α,β-unsaturated/α-hetero) is 1. The molecule has 2 aliphatic carbocycles. The number of rotatable bonds is 3. The third-order valence-corrected chi connectivity index (χ3v) is 4.82. The van der Waals surface area contributed by atoms with E-state index >= 15 is 0 Å². The molecule has 2 saturated carbocycles. The monoisotopic (exact) mass is 208 g/mol. The second kappa shape index (κ2) is 4.67. The Bertz CT molecular complexity index is 227. The average Bonchev–Trinajstić information content (AvgIpc) is 2.85. The van der Waals surface area contributed by atoms with Crippen LogP contribution in [0, 0.1) is 23.7 Å². The molecule has 1 nitrogen and oxygen atoms in total. The van der Waals surface area contributed by atoms with Gasteiger partial charge in [-0.25, -0.2) is 0 Å². The Morgan fingerprint density at radius 2 is 1.87 bits per heavy atom. The second-order valence-corrected chi connectivity index (χ2v) is 5.62.